The van der Waals surface area contributed by atoms with E-state index >= 15 is 0 Å². The van der Waals surface area contributed by atoms with Crippen LogP contribution in [0.15, 0.2) is 48.5 Å². The molecule has 1 aliphatic heterocycles. The monoisotopic (exact) mass is 286 g/mol. The number of nitrogens with zero attached hydrogens (tertiary/aromatic N) is 1. The van der Waals surface area contributed by atoms with Gasteiger partial charge in [0.05, 0.1) is 5.38 Å². The average molecular weight is 287 g/mol. The van der Waals surface area contributed by atoms with Crippen LogP contribution in [0.5, 0.6) is 0 Å². The lowest BCUT2D eigenvalue weighted by Gasteiger charge is -2.26. The molecule has 1 aliphatic rings. The molecule has 0 saturated heterocycles. The summed E-state index contributed by atoms with van der Waals surface area (Å²) in [7, 11) is 1.78. The Labute approximate surface area is 123 Å². The van der Waals surface area contributed by atoms with Gasteiger partial charge in [0.1, 0.15) is 0 Å². The molecule has 2 amide bonds. The Hall–Kier alpha value is -2.00. The number of halogens is 1. The Morgan fingerprint density at radius 1 is 1.15 bits per heavy atom. The smallest absolute Gasteiger partial charge is 0.321 e. The van der Waals surface area contributed by atoms with Crippen molar-refractivity contribution in [3.63, 3.8) is 0 Å². The molecule has 102 valence electrons. The SMILES string of the molecule is CN1Cc2cc(C(Cl)c3ccccc3)ccc2NC1=O. The van der Waals surface area contributed by atoms with Crippen LogP contribution in [0.25, 0.3) is 0 Å². The highest BCUT2D eigenvalue weighted by Gasteiger charge is 2.20. The Kier molecular flexibility index (Phi) is 3.36. The molecule has 1 N–H and O–H groups in total. The molecule has 3 nitrogen and oxygen atoms in total. The van der Waals surface area contributed by atoms with Crippen LogP contribution < -0.4 is 5.32 Å². The van der Waals surface area contributed by atoms with Crippen molar-refractivity contribution in [2.75, 3.05) is 12.4 Å². The first-order valence-electron chi connectivity index (χ1n) is 6.49. The van der Waals surface area contributed by atoms with Crippen LogP contribution in [0.1, 0.15) is 22.1 Å². The first kappa shape index (κ1) is 13.0. The van der Waals surface area contributed by atoms with Crippen molar-refractivity contribution in [2.45, 2.75) is 11.9 Å². The van der Waals surface area contributed by atoms with Crippen molar-refractivity contribution >= 4 is 23.3 Å². The Balaban J connectivity index is 1.93. The van der Waals surface area contributed by atoms with Crippen LogP contribution in [-0.4, -0.2) is 18.0 Å². The van der Waals surface area contributed by atoms with Crippen molar-refractivity contribution in [2.24, 2.45) is 0 Å². The number of hydrogen-bond acceptors (Lipinski definition) is 1. The van der Waals surface area contributed by atoms with Crippen molar-refractivity contribution in [1.82, 2.24) is 4.90 Å². The summed E-state index contributed by atoms with van der Waals surface area (Å²) in [5, 5.41) is 2.68. The number of carbonyl (C=O) groups excluding carboxylic acids is 1. The number of urea groups is 1. The van der Waals surface area contributed by atoms with Gasteiger partial charge in [0.25, 0.3) is 0 Å². The molecule has 0 bridgehead atoms. The highest BCUT2D eigenvalue weighted by atomic mass is 35.5. The van der Waals surface area contributed by atoms with Gasteiger partial charge in [-0.3, -0.25) is 0 Å². The van der Waals surface area contributed by atoms with Gasteiger partial charge in [-0.15, -0.1) is 11.6 Å². The largest absolute Gasteiger partial charge is 0.323 e. The molecule has 1 unspecified atom stereocenters. The summed E-state index contributed by atoms with van der Waals surface area (Å²) in [4.78, 5) is 13.2. The van der Waals surface area contributed by atoms with Gasteiger partial charge in [-0.05, 0) is 22.8 Å². The lowest BCUT2D eigenvalue weighted by atomic mass is 10.00. The fourth-order valence-electron chi connectivity index (χ4n) is 2.38. The zero-order chi connectivity index (χ0) is 14.1. The van der Waals surface area contributed by atoms with E-state index in [2.05, 4.69) is 11.4 Å². The Bertz CT molecular complexity index is 642. The second-order valence-corrected chi connectivity index (χ2v) is 5.41. The Morgan fingerprint density at radius 2 is 1.90 bits per heavy atom. The van der Waals surface area contributed by atoms with Crippen LogP contribution in [0.2, 0.25) is 0 Å². The number of anilines is 1. The molecule has 20 heavy (non-hydrogen) atoms. The third-order valence-electron chi connectivity index (χ3n) is 3.51. The molecular formula is C16H15ClN2O. The van der Waals surface area contributed by atoms with Crippen LogP contribution in [-0.2, 0) is 6.54 Å². The predicted octanol–water partition coefficient (Wildman–Crippen LogP) is 3.99. The molecule has 3 rings (SSSR count). The number of carbonyl (C=O) groups is 1. The predicted molar refractivity (Wildman–Crippen MR) is 81.1 cm³/mol. The van der Waals surface area contributed by atoms with Gasteiger partial charge in [0.15, 0.2) is 0 Å². The van der Waals surface area contributed by atoms with Gasteiger partial charge >= 0.3 is 6.03 Å². The summed E-state index contributed by atoms with van der Waals surface area (Å²) >= 11 is 6.54. The number of alkyl halides is 1. The second kappa shape index (κ2) is 5.17. The third-order valence-corrected chi connectivity index (χ3v) is 4.01. The average Bonchev–Trinajstić information content (AvgIpc) is 2.48. The fourth-order valence-corrected chi connectivity index (χ4v) is 2.66. The lowest BCUT2D eigenvalue weighted by molar-refractivity contribution is 0.218. The minimum Gasteiger partial charge on any atom is -0.323 e. The highest BCUT2D eigenvalue weighted by Crippen LogP contribution is 2.32. The molecule has 0 aliphatic carbocycles. The third kappa shape index (κ3) is 2.37. The van der Waals surface area contributed by atoms with E-state index in [4.69, 9.17) is 11.6 Å². The van der Waals surface area contributed by atoms with Crippen molar-refractivity contribution in [3.05, 3.63) is 65.2 Å². The van der Waals surface area contributed by atoms with E-state index in [0.29, 0.717) is 6.54 Å². The van der Waals surface area contributed by atoms with E-state index in [1.54, 1.807) is 11.9 Å². The summed E-state index contributed by atoms with van der Waals surface area (Å²) in [6, 6.07) is 15.9. The molecule has 4 heteroatoms. The molecule has 0 saturated carbocycles. The van der Waals surface area contributed by atoms with Gasteiger partial charge in [0.2, 0.25) is 0 Å². The van der Waals surface area contributed by atoms with Crippen LogP contribution >= 0.6 is 11.6 Å². The lowest BCUT2D eigenvalue weighted by Crippen LogP contribution is -2.35. The maximum absolute atomic E-state index is 11.6. The molecule has 2 aromatic rings. The number of hydrogen-bond donors (Lipinski definition) is 1. The van der Waals surface area contributed by atoms with Gasteiger partial charge in [-0.1, -0.05) is 42.5 Å². The fraction of sp³-hybridized carbons (Fsp3) is 0.188. The first-order chi connectivity index (χ1) is 9.65. The summed E-state index contributed by atoms with van der Waals surface area (Å²) in [5.41, 5.74) is 4.07. The standard InChI is InChI=1S/C16H15ClN2O/c1-19-10-13-9-12(7-8-14(13)18-16(19)20)15(17)11-5-3-2-4-6-11/h2-9,15H,10H2,1H3,(H,18,20). The van der Waals surface area contributed by atoms with E-state index in [9.17, 15) is 4.79 Å². The number of benzene rings is 2. The van der Waals surface area contributed by atoms with Crippen molar-refractivity contribution in [3.8, 4) is 0 Å². The second-order valence-electron chi connectivity index (χ2n) is 4.98. The first-order valence-corrected chi connectivity index (χ1v) is 6.93. The minimum absolute atomic E-state index is 0.0734. The summed E-state index contributed by atoms with van der Waals surface area (Å²) in [5.74, 6) is 0. The van der Waals surface area contributed by atoms with E-state index in [-0.39, 0.29) is 11.4 Å². The van der Waals surface area contributed by atoms with Gasteiger partial charge < -0.3 is 10.2 Å². The van der Waals surface area contributed by atoms with E-state index in [0.717, 1.165) is 22.4 Å². The summed E-state index contributed by atoms with van der Waals surface area (Å²) < 4.78 is 0. The van der Waals surface area contributed by atoms with Crippen molar-refractivity contribution < 1.29 is 4.79 Å². The van der Waals surface area contributed by atoms with Crippen LogP contribution in [0, 0.1) is 0 Å². The highest BCUT2D eigenvalue weighted by molar-refractivity contribution is 6.22. The topological polar surface area (TPSA) is 32.3 Å². The van der Waals surface area contributed by atoms with E-state index in [1.807, 2.05) is 42.5 Å². The number of fused-ring (bicyclic) bond motifs is 1. The number of rotatable bonds is 2. The maximum atomic E-state index is 11.6. The molecule has 1 atom stereocenters. The molecule has 1 heterocycles. The Morgan fingerprint density at radius 3 is 2.65 bits per heavy atom. The molecule has 0 fully saturated rings. The molecule has 2 aromatic carbocycles. The van der Waals surface area contributed by atoms with Gasteiger partial charge in [0, 0.05) is 19.3 Å². The summed E-state index contributed by atoms with van der Waals surface area (Å²) in [6.07, 6.45) is 0. The molecule has 0 radical (unpaired) electrons. The molecule has 0 spiro atoms. The normalized spacial score (nSPS) is 15.5. The van der Waals surface area contributed by atoms with E-state index < -0.39 is 0 Å². The molecular weight excluding hydrogens is 272 g/mol. The number of amides is 2. The van der Waals surface area contributed by atoms with Crippen LogP contribution in [0.4, 0.5) is 10.5 Å². The summed E-state index contributed by atoms with van der Waals surface area (Å²) in [6.45, 7) is 0.605. The van der Waals surface area contributed by atoms with Crippen molar-refractivity contribution in [1.29, 1.82) is 0 Å². The number of nitrogens with one attached hydrogen (secondary N) is 1. The maximum Gasteiger partial charge on any atom is 0.321 e. The van der Waals surface area contributed by atoms with E-state index in [1.165, 1.54) is 0 Å². The zero-order valence-corrected chi connectivity index (χ0v) is 11.9. The van der Waals surface area contributed by atoms with Gasteiger partial charge in [-0.25, -0.2) is 4.79 Å². The van der Waals surface area contributed by atoms with Gasteiger partial charge in [-0.2, -0.15) is 0 Å². The quantitative estimate of drug-likeness (QED) is 0.832. The zero-order valence-electron chi connectivity index (χ0n) is 11.1. The minimum atomic E-state index is -0.176. The van der Waals surface area contributed by atoms with Crippen LogP contribution in [0.3, 0.4) is 0 Å². The molecule has 0 aromatic heterocycles.